The predicted octanol–water partition coefficient (Wildman–Crippen LogP) is 0.534. The molecule has 1 nitrogen and oxygen atoms in total. The van der Waals surface area contributed by atoms with Crippen LogP contribution in [0.3, 0.4) is 0 Å². The number of hydrogen-bond acceptors (Lipinski definition) is 1. The lowest BCUT2D eigenvalue weighted by atomic mass is 9.94. The Hall–Kier alpha value is -0.755. The fourth-order valence-corrected chi connectivity index (χ4v) is 0.775. The Labute approximate surface area is 62.1 Å². The van der Waals surface area contributed by atoms with Crippen molar-refractivity contribution in [3.8, 4) is 0 Å². The van der Waals surface area contributed by atoms with Gasteiger partial charge >= 0.3 is 0 Å². The molecule has 50 valence electrons. The molecule has 1 aromatic carbocycles. The van der Waals surface area contributed by atoms with Crippen LogP contribution in [0.1, 0.15) is 18.6 Å². The molecule has 1 atom stereocenters. The van der Waals surface area contributed by atoms with Crippen molar-refractivity contribution in [3.05, 3.63) is 29.8 Å². The van der Waals surface area contributed by atoms with Crippen LogP contribution in [-0.2, 0) is 0 Å². The fraction of sp³-hybridized carbons (Fsp3) is 0.250. The van der Waals surface area contributed by atoms with E-state index in [4.69, 9.17) is 13.0 Å². The molecule has 2 heteroatoms. The highest BCUT2D eigenvalue weighted by molar-refractivity contribution is 6.32. The van der Waals surface area contributed by atoms with Crippen LogP contribution in [0.15, 0.2) is 24.3 Å². The second-order valence-electron chi connectivity index (χ2n) is 2.34. The van der Waals surface area contributed by atoms with Crippen LogP contribution in [0.4, 0.5) is 0 Å². The molecule has 0 saturated carbocycles. The van der Waals surface area contributed by atoms with Crippen molar-refractivity contribution in [3.63, 3.8) is 0 Å². The summed E-state index contributed by atoms with van der Waals surface area (Å²) in [6, 6.07) is 7.20. The van der Waals surface area contributed by atoms with E-state index in [1.165, 1.54) is 0 Å². The van der Waals surface area contributed by atoms with Crippen LogP contribution in [0.25, 0.3) is 0 Å². The first kappa shape index (κ1) is 7.35. The van der Waals surface area contributed by atoms with Crippen molar-refractivity contribution < 1.29 is 5.11 Å². The minimum absolute atomic E-state index is 0.402. The van der Waals surface area contributed by atoms with E-state index < -0.39 is 6.10 Å². The van der Waals surface area contributed by atoms with Gasteiger partial charge in [0, 0.05) is 0 Å². The van der Waals surface area contributed by atoms with E-state index in [1.807, 2.05) is 12.1 Å². The summed E-state index contributed by atoms with van der Waals surface area (Å²) >= 11 is 0. The molecule has 0 aliphatic heterocycles. The second kappa shape index (κ2) is 2.89. The van der Waals surface area contributed by atoms with E-state index in [0.717, 1.165) is 11.0 Å². The SMILES string of the molecule is [B]c1ccc(C(C)O)cc1. The topological polar surface area (TPSA) is 20.2 Å². The third-order valence-corrected chi connectivity index (χ3v) is 1.42. The highest BCUT2D eigenvalue weighted by Crippen LogP contribution is 2.08. The average molecular weight is 132 g/mol. The third kappa shape index (κ3) is 1.61. The summed E-state index contributed by atoms with van der Waals surface area (Å²) in [6.07, 6.45) is -0.402. The zero-order chi connectivity index (χ0) is 7.56. The first-order chi connectivity index (χ1) is 4.70. The van der Waals surface area contributed by atoms with Crippen molar-refractivity contribution >= 4 is 13.3 Å². The molecule has 0 heterocycles. The zero-order valence-corrected chi connectivity index (χ0v) is 5.91. The van der Waals surface area contributed by atoms with Gasteiger partial charge in [-0.2, -0.15) is 0 Å². The average Bonchev–Trinajstić information content (AvgIpc) is 1.88. The van der Waals surface area contributed by atoms with Gasteiger partial charge in [0.1, 0.15) is 7.85 Å². The fourth-order valence-electron chi connectivity index (χ4n) is 0.775. The molecule has 0 aliphatic rings. The number of aliphatic hydroxyl groups excluding tert-OH is 1. The monoisotopic (exact) mass is 132 g/mol. The van der Waals surface area contributed by atoms with Crippen LogP contribution >= 0.6 is 0 Å². The Morgan fingerprint density at radius 1 is 1.30 bits per heavy atom. The summed E-state index contributed by atoms with van der Waals surface area (Å²) in [7, 11) is 5.45. The van der Waals surface area contributed by atoms with Crippen molar-refractivity contribution in [2.24, 2.45) is 0 Å². The molecule has 1 aromatic rings. The van der Waals surface area contributed by atoms with Gasteiger partial charge < -0.3 is 5.11 Å². The molecule has 0 spiro atoms. The summed E-state index contributed by atoms with van der Waals surface area (Å²) in [5.74, 6) is 0. The lowest BCUT2D eigenvalue weighted by molar-refractivity contribution is 0.199. The molecule has 10 heavy (non-hydrogen) atoms. The van der Waals surface area contributed by atoms with Crippen LogP contribution in [0.5, 0.6) is 0 Å². The number of benzene rings is 1. The van der Waals surface area contributed by atoms with Crippen LogP contribution in [-0.4, -0.2) is 13.0 Å². The van der Waals surface area contributed by atoms with Gasteiger partial charge in [-0.1, -0.05) is 29.7 Å². The second-order valence-corrected chi connectivity index (χ2v) is 2.34. The quantitative estimate of drug-likeness (QED) is 0.552. The van der Waals surface area contributed by atoms with Gasteiger partial charge in [0.25, 0.3) is 0 Å². The molecule has 0 fully saturated rings. The normalized spacial score (nSPS) is 13.0. The van der Waals surface area contributed by atoms with E-state index in [0.29, 0.717) is 0 Å². The van der Waals surface area contributed by atoms with Crippen LogP contribution < -0.4 is 5.46 Å². The lowest BCUT2D eigenvalue weighted by Gasteiger charge is -2.03. The third-order valence-electron chi connectivity index (χ3n) is 1.42. The summed E-state index contributed by atoms with van der Waals surface area (Å²) in [5, 5.41) is 9.07. The molecule has 2 radical (unpaired) electrons. The smallest absolute Gasteiger partial charge is 0.113 e. The van der Waals surface area contributed by atoms with E-state index in [1.54, 1.807) is 19.1 Å². The minimum atomic E-state index is -0.402. The number of aliphatic hydroxyl groups is 1. The maximum atomic E-state index is 9.07. The first-order valence-electron chi connectivity index (χ1n) is 3.23. The Morgan fingerprint density at radius 2 is 1.80 bits per heavy atom. The molecule has 0 bridgehead atoms. The number of hydrogen-bond donors (Lipinski definition) is 1. The maximum Gasteiger partial charge on any atom is 0.113 e. The molecular weight excluding hydrogens is 123 g/mol. The predicted molar refractivity (Wildman–Crippen MR) is 42.5 cm³/mol. The van der Waals surface area contributed by atoms with Crippen molar-refractivity contribution in [1.82, 2.24) is 0 Å². The first-order valence-corrected chi connectivity index (χ1v) is 3.23. The standard InChI is InChI=1S/C8H9BO/c1-6(10)7-2-4-8(9)5-3-7/h2-6,10H,1H3. The van der Waals surface area contributed by atoms with Crippen LogP contribution in [0.2, 0.25) is 0 Å². The van der Waals surface area contributed by atoms with Gasteiger partial charge in [-0.3, -0.25) is 0 Å². The zero-order valence-electron chi connectivity index (χ0n) is 5.91. The molecular formula is C8H9BO. The summed E-state index contributed by atoms with van der Waals surface area (Å²) in [6.45, 7) is 1.73. The van der Waals surface area contributed by atoms with E-state index >= 15 is 0 Å². The molecule has 0 saturated heterocycles. The minimum Gasteiger partial charge on any atom is -0.389 e. The molecule has 1 N–H and O–H groups in total. The summed E-state index contributed by atoms with van der Waals surface area (Å²) < 4.78 is 0. The molecule has 1 unspecified atom stereocenters. The van der Waals surface area contributed by atoms with Crippen molar-refractivity contribution in [2.75, 3.05) is 0 Å². The maximum absolute atomic E-state index is 9.07. The molecule has 0 aliphatic carbocycles. The van der Waals surface area contributed by atoms with E-state index in [9.17, 15) is 0 Å². The Balaban J connectivity index is 2.89. The summed E-state index contributed by atoms with van der Waals surface area (Å²) in [4.78, 5) is 0. The Kier molecular flexibility index (Phi) is 2.12. The van der Waals surface area contributed by atoms with Gasteiger partial charge in [-0.15, -0.1) is 0 Å². The van der Waals surface area contributed by atoms with Gasteiger partial charge in [0.15, 0.2) is 0 Å². The van der Waals surface area contributed by atoms with Gasteiger partial charge in [-0.05, 0) is 12.5 Å². The van der Waals surface area contributed by atoms with Crippen molar-refractivity contribution in [1.29, 1.82) is 0 Å². The van der Waals surface area contributed by atoms with Crippen LogP contribution in [0, 0.1) is 0 Å². The highest BCUT2D eigenvalue weighted by atomic mass is 16.3. The lowest BCUT2D eigenvalue weighted by Crippen LogP contribution is -2.01. The Morgan fingerprint density at radius 3 is 2.20 bits per heavy atom. The van der Waals surface area contributed by atoms with Gasteiger partial charge in [-0.25, -0.2) is 0 Å². The van der Waals surface area contributed by atoms with Gasteiger partial charge in [0.05, 0.1) is 6.10 Å². The van der Waals surface area contributed by atoms with E-state index in [-0.39, 0.29) is 0 Å². The molecule has 0 aromatic heterocycles. The molecule has 1 rings (SSSR count). The number of rotatable bonds is 1. The summed E-state index contributed by atoms with van der Waals surface area (Å²) in [5.41, 5.74) is 1.62. The van der Waals surface area contributed by atoms with Gasteiger partial charge in [0.2, 0.25) is 0 Å². The Bertz CT molecular complexity index is 203. The van der Waals surface area contributed by atoms with Crippen molar-refractivity contribution in [2.45, 2.75) is 13.0 Å². The largest absolute Gasteiger partial charge is 0.389 e. The highest BCUT2D eigenvalue weighted by Gasteiger charge is 1.96. The molecule has 0 amide bonds. The van der Waals surface area contributed by atoms with E-state index in [2.05, 4.69) is 0 Å².